The summed E-state index contributed by atoms with van der Waals surface area (Å²) in [5, 5.41) is 8.09. The molecule has 0 aliphatic carbocycles. The number of aromatic nitrogens is 2. The smallest absolute Gasteiger partial charge is 0.0793 e. The number of rotatable bonds is 10. The molecular weight excluding hydrogens is 250 g/mol. The number of hydrogen-bond acceptors (Lipinski definition) is 3. The van der Waals surface area contributed by atoms with Crippen LogP contribution in [0.15, 0.2) is 12.4 Å². The van der Waals surface area contributed by atoms with Crippen LogP contribution in [0, 0.1) is 5.92 Å². The summed E-state index contributed by atoms with van der Waals surface area (Å²) in [7, 11) is 0. The molecule has 0 aliphatic heterocycles. The number of nitrogens with one attached hydrogen (secondary N) is 1. The van der Waals surface area contributed by atoms with Crippen molar-refractivity contribution >= 4 is 0 Å². The first-order chi connectivity index (χ1) is 9.63. The summed E-state index contributed by atoms with van der Waals surface area (Å²) in [5.41, 5.74) is 1.24. The van der Waals surface area contributed by atoms with Crippen LogP contribution in [0.5, 0.6) is 0 Å². The van der Waals surface area contributed by atoms with Crippen molar-refractivity contribution in [1.29, 1.82) is 0 Å². The summed E-state index contributed by atoms with van der Waals surface area (Å²) in [5.74, 6) is 0.471. The van der Waals surface area contributed by atoms with E-state index < -0.39 is 0 Å². The molecule has 4 heteroatoms. The molecule has 0 aromatic carbocycles. The Hall–Kier alpha value is -0.870. The molecule has 20 heavy (non-hydrogen) atoms. The zero-order valence-electron chi connectivity index (χ0n) is 13.7. The van der Waals surface area contributed by atoms with Gasteiger partial charge in [-0.2, -0.15) is 5.10 Å². The number of ether oxygens (including phenoxy) is 1. The van der Waals surface area contributed by atoms with Crippen molar-refractivity contribution < 1.29 is 4.74 Å². The highest BCUT2D eigenvalue weighted by atomic mass is 16.5. The minimum Gasteiger partial charge on any atom is -0.376 e. The summed E-state index contributed by atoms with van der Waals surface area (Å²) in [6.45, 7) is 13.6. The molecule has 0 fully saturated rings. The third-order valence-corrected chi connectivity index (χ3v) is 3.42. The maximum absolute atomic E-state index is 5.99. The van der Waals surface area contributed by atoms with E-state index in [2.05, 4.69) is 51.2 Å². The largest absolute Gasteiger partial charge is 0.376 e. The molecule has 1 aromatic rings. The molecule has 0 bridgehead atoms. The Labute approximate surface area is 123 Å². The standard InChI is InChI=1S/C16H31N3O/c1-6-9-17-15(16(13(4)5)20-8-3)14-11-18-19(12-14)10-7-2/h11-13,15-17H,6-10H2,1-5H3. The molecular formula is C16H31N3O. The van der Waals surface area contributed by atoms with E-state index >= 15 is 0 Å². The van der Waals surface area contributed by atoms with Crippen molar-refractivity contribution in [3.63, 3.8) is 0 Å². The average Bonchev–Trinajstić information content (AvgIpc) is 2.86. The van der Waals surface area contributed by atoms with Gasteiger partial charge in [-0.05, 0) is 32.2 Å². The van der Waals surface area contributed by atoms with Gasteiger partial charge in [0.2, 0.25) is 0 Å². The maximum Gasteiger partial charge on any atom is 0.0793 e. The lowest BCUT2D eigenvalue weighted by Gasteiger charge is -2.30. The predicted octanol–water partition coefficient (Wildman–Crippen LogP) is 3.39. The zero-order valence-corrected chi connectivity index (χ0v) is 13.7. The molecule has 1 aromatic heterocycles. The molecule has 1 rings (SSSR count). The van der Waals surface area contributed by atoms with Crippen LogP contribution in [0.2, 0.25) is 0 Å². The van der Waals surface area contributed by atoms with Crippen molar-refractivity contribution in [2.45, 2.75) is 66.2 Å². The van der Waals surface area contributed by atoms with Gasteiger partial charge in [-0.1, -0.05) is 27.7 Å². The first kappa shape index (κ1) is 17.2. The monoisotopic (exact) mass is 281 g/mol. The van der Waals surface area contributed by atoms with Gasteiger partial charge in [0, 0.05) is 24.9 Å². The van der Waals surface area contributed by atoms with Gasteiger partial charge >= 0.3 is 0 Å². The van der Waals surface area contributed by atoms with E-state index in [1.807, 2.05) is 10.9 Å². The van der Waals surface area contributed by atoms with Crippen LogP contribution >= 0.6 is 0 Å². The topological polar surface area (TPSA) is 39.1 Å². The quantitative estimate of drug-likeness (QED) is 0.714. The second-order valence-corrected chi connectivity index (χ2v) is 5.63. The molecule has 0 saturated carbocycles. The highest BCUT2D eigenvalue weighted by Crippen LogP contribution is 2.24. The Bertz CT molecular complexity index is 362. The second-order valence-electron chi connectivity index (χ2n) is 5.63. The van der Waals surface area contributed by atoms with Gasteiger partial charge in [0.05, 0.1) is 18.3 Å². The normalized spacial score (nSPS) is 14.7. The van der Waals surface area contributed by atoms with Crippen molar-refractivity contribution in [2.75, 3.05) is 13.2 Å². The third-order valence-electron chi connectivity index (χ3n) is 3.42. The van der Waals surface area contributed by atoms with Gasteiger partial charge < -0.3 is 10.1 Å². The fraction of sp³-hybridized carbons (Fsp3) is 0.812. The second kappa shape index (κ2) is 9.14. The van der Waals surface area contributed by atoms with E-state index in [1.165, 1.54) is 5.56 Å². The Kier molecular flexibility index (Phi) is 7.85. The summed E-state index contributed by atoms with van der Waals surface area (Å²) in [4.78, 5) is 0. The highest BCUT2D eigenvalue weighted by molar-refractivity contribution is 5.13. The van der Waals surface area contributed by atoms with Crippen LogP contribution in [0.3, 0.4) is 0 Å². The van der Waals surface area contributed by atoms with Crippen molar-refractivity contribution in [2.24, 2.45) is 5.92 Å². The maximum atomic E-state index is 5.99. The highest BCUT2D eigenvalue weighted by Gasteiger charge is 2.27. The van der Waals surface area contributed by atoms with Gasteiger partial charge in [-0.15, -0.1) is 0 Å². The zero-order chi connectivity index (χ0) is 15.0. The summed E-state index contributed by atoms with van der Waals surface area (Å²) >= 11 is 0. The number of nitrogens with zero attached hydrogens (tertiary/aromatic N) is 2. The fourth-order valence-corrected chi connectivity index (χ4v) is 2.48. The van der Waals surface area contributed by atoms with Gasteiger partial charge in [0.1, 0.15) is 0 Å². The SMILES string of the molecule is CCCNC(c1cnn(CCC)c1)C(OCC)C(C)C. The Morgan fingerprint density at radius 3 is 2.55 bits per heavy atom. The molecule has 2 unspecified atom stereocenters. The molecule has 0 radical (unpaired) electrons. The molecule has 0 aliphatic rings. The number of hydrogen-bond donors (Lipinski definition) is 1. The van der Waals surface area contributed by atoms with Crippen LogP contribution in [0.25, 0.3) is 0 Å². The van der Waals surface area contributed by atoms with Gasteiger partial charge in [-0.3, -0.25) is 4.68 Å². The van der Waals surface area contributed by atoms with Crippen LogP contribution < -0.4 is 5.32 Å². The molecule has 116 valence electrons. The van der Waals surface area contributed by atoms with Crippen molar-refractivity contribution in [1.82, 2.24) is 15.1 Å². The molecule has 2 atom stereocenters. The lowest BCUT2D eigenvalue weighted by Crippen LogP contribution is -2.37. The van der Waals surface area contributed by atoms with Gasteiger partial charge in [0.25, 0.3) is 0 Å². The van der Waals surface area contributed by atoms with Gasteiger partial charge in [0.15, 0.2) is 0 Å². The Balaban J connectivity index is 2.89. The van der Waals surface area contributed by atoms with E-state index in [9.17, 15) is 0 Å². The molecule has 0 spiro atoms. The Morgan fingerprint density at radius 2 is 2.00 bits per heavy atom. The van der Waals surface area contributed by atoms with Crippen LogP contribution in [0.1, 0.15) is 59.1 Å². The lowest BCUT2D eigenvalue weighted by atomic mass is 9.95. The average molecular weight is 281 g/mol. The Morgan fingerprint density at radius 1 is 1.25 bits per heavy atom. The summed E-state index contributed by atoms with van der Waals surface area (Å²) in [6, 6.07) is 0.223. The molecule has 0 saturated heterocycles. The van der Waals surface area contributed by atoms with E-state index in [-0.39, 0.29) is 12.1 Å². The minimum atomic E-state index is 0.186. The fourth-order valence-electron chi connectivity index (χ4n) is 2.48. The van der Waals surface area contributed by atoms with Crippen LogP contribution in [0.4, 0.5) is 0 Å². The molecule has 0 amide bonds. The van der Waals surface area contributed by atoms with Crippen LogP contribution in [-0.4, -0.2) is 29.0 Å². The van der Waals surface area contributed by atoms with Gasteiger partial charge in [-0.25, -0.2) is 0 Å². The van der Waals surface area contributed by atoms with E-state index in [1.54, 1.807) is 0 Å². The van der Waals surface area contributed by atoms with Crippen molar-refractivity contribution in [3.05, 3.63) is 18.0 Å². The predicted molar refractivity (Wildman–Crippen MR) is 83.8 cm³/mol. The van der Waals surface area contributed by atoms with E-state index in [0.29, 0.717) is 5.92 Å². The van der Waals surface area contributed by atoms with E-state index in [4.69, 9.17) is 4.74 Å². The summed E-state index contributed by atoms with van der Waals surface area (Å²) < 4.78 is 8.01. The van der Waals surface area contributed by atoms with E-state index in [0.717, 1.165) is 32.5 Å². The number of aryl methyl sites for hydroxylation is 1. The first-order valence-corrected chi connectivity index (χ1v) is 8.01. The van der Waals surface area contributed by atoms with Crippen LogP contribution in [-0.2, 0) is 11.3 Å². The molecule has 1 N–H and O–H groups in total. The third kappa shape index (κ3) is 4.91. The summed E-state index contributed by atoms with van der Waals surface area (Å²) in [6.07, 6.45) is 6.55. The molecule has 1 heterocycles. The van der Waals surface area contributed by atoms with Crippen molar-refractivity contribution in [3.8, 4) is 0 Å². The molecule has 4 nitrogen and oxygen atoms in total. The first-order valence-electron chi connectivity index (χ1n) is 8.01. The minimum absolute atomic E-state index is 0.186. The lowest BCUT2D eigenvalue weighted by molar-refractivity contribution is 0.00282.